The number of hydrogen-bond acceptors (Lipinski definition) is 3. The maximum absolute atomic E-state index is 12.4. The van der Waals surface area contributed by atoms with E-state index in [1.165, 1.54) is 9.35 Å². The van der Waals surface area contributed by atoms with Crippen molar-refractivity contribution in [2.24, 2.45) is 5.92 Å². The molecule has 2 atom stereocenters. The highest BCUT2D eigenvalue weighted by molar-refractivity contribution is 9.10. The van der Waals surface area contributed by atoms with Gasteiger partial charge in [-0.1, -0.05) is 13.3 Å². The number of piperidine rings is 1. The summed E-state index contributed by atoms with van der Waals surface area (Å²) in [7, 11) is 0. The minimum absolute atomic E-state index is 0.150. The second-order valence-electron chi connectivity index (χ2n) is 5.96. The minimum atomic E-state index is 0.150. The lowest BCUT2D eigenvalue weighted by Gasteiger charge is -2.32. The lowest BCUT2D eigenvalue weighted by Crippen LogP contribution is -2.45. The molecule has 1 aliphatic rings. The monoisotopic (exact) mass is 372 g/mol. The summed E-state index contributed by atoms with van der Waals surface area (Å²) >= 11 is 5.37. The van der Waals surface area contributed by atoms with Gasteiger partial charge in [0.15, 0.2) is 0 Å². The fraction of sp³-hybridized carbons (Fsp3) is 0.688. The summed E-state index contributed by atoms with van der Waals surface area (Å²) in [6.07, 6.45) is 4.31. The number of carbonyl (C=O) groups is 1. The third-order valence-electron chi connectivity index (χ3n) is 4.04. The minimum Gasteiger partial charge on any atom is -0.353 e. The lowest BCUT2D eigenvalue weighted by molar-refractivity contribution is -0.127. The predicted molar refractivity (Wildman–Crippen MR) is 92.5 cm³/mol. The van der Waals surface area contributed by atoms with Crippen molar-refractivity contribution in [1.82, 2.24) is 10.2 Å². The first-order chi connectivity index (χ1) is 10.1. The van der Waals surface area contributed by atoms with Gasteiger partial charge in [-0.2, -0.15) is 0 Å². The highest BCUT2D eigenvalue weighted by atomic mass is 79.9. The molecule has 0 spiro atoms. The van der Waals surface area contributed by atoms with E-state index in [1.807, 2.05) is 0 Å². The quantitative estimate of drug-likeness (QED) is 0.817. The topological polar surface area (TPSA) is 32.3 Å². The largest absolute Gasteiger partial charge is 0.353 e. The van der Waals surface area contributed by atoms with Crippen molar-refractivity contribution in [3.8, 4) is 0 Å². The van der Waals surface area contributed by atoms with Crippen LogP contribution in [0.2, 0.25) is 0 Å². The summed E-state index contributed by atoms with van der Waals surface area (Å²) in [5, 5.41) is 5.28. The Labute approximate surface area is 140 Å². The molecule has 1 N–H and O–H groups in total. The fourth-order valence-electron chi connectivity index (χ4n) is 2.92. The molecule has 1 aromatic heterocycles. The number of halogens is 1. The maximum Gasteiger partial charge on any atom is 0.224 e. The van der Waals surface area contributed by atoms with Gasteiger partial charge in [-0.25, -0.2) is 0 Å². The van der Waals surface area contributed by atoms with Crippen LogP contribution in [0.1, 0.15) is 44.4 Å². The molecule has 2 unspecified atom stereocenters. The van der Waals surface area contributed by atoms with Gasteiger partial charge >= 0.3 is 0 Å². The average molecular weight is 373 g/mol. The zero-order chi connectivity index (χ0) is 15.2. The standard InChI is InChI=1S/C16H25BrN2OS/c1-3-5-12(2)18-16(20)13-6-4-8-19(10-13)11-15-14(17)7-9-21-15/h7,9,12-13H,3-6,8,10-11H2,1-2H3,(H,18,20). The third kappa shape index (κ3) is 5.08. The molecule has 1 fully saturated rings. The van der Waals surface area contributed by atoms with E-state index >= 15 is 0 Å². The number of hydrogen-bond donors (Lipinski definition) is 1. The number of carbonyl (C=O) groups excluding carboxylic acids is 1. The Bertz CT molecular complexity index is 463. The number of nitrogens with zero attached hydrogens (tertiary/aromatic N) is 1. The van der Waals surface area contributed by atoms with Crippen LogP contribution in [0.3, 0.4) is 0 Å². The average Bonchev–Trinajstić information content (AvgIpc) is 2.85. The Morgan fingerprint density at radius 3 is 3.10 bits per heavy atom. The molecule has 118 valence electrons. The van der Waals surface area contributed by atoms with Crippen molar-refractivity contribution >= 4 is 33.2 Å². The summed E-state index contributed by atoms with van der Waals surface area (Å²) in [5.41, 5.74) is 0. The van der Waals surface area contributed by atoms with Crippen LogP contribution >= 0.6 is 27.3 Å². The van der Waals surface area contributed by atoms with Gasteiger partial charge < -0.3 is 5.32 Å². The molecule has 2 rings (SSSR count). The van der Waals surface area contributed by atoms with E-state index in [-0.39, 0.29) is 11.8 Å². The van der Waals surface area contributed by atoms with Crippen LogP contribution in [0.25, 0.3) is 0 Å². The SMILES string of the molecule is CCCC(C)NC(=O)C1CCCN(Cc2sccc2Br)C1. The molecule has 5 heteroatoms. The van der Waals surface area contributed by atoms with Crippen LogP contribution in [0.15, 0.2) is 15.9 Å². The molecule has 0 aliphatic carbocycles. The van der Waals surface area contributed by atoms with Crippen molar-refractivity contribution in [1.29, 1.82) is 0 Å². The Kier molecular flexibility index (Phi) is 6.71. The molecule has 0 aromatic carbocycles. The van der Waals surface area contributed by atoms with Crippen molar-refractivity contribution in [2.75, 3.05) is 13.1 Å². The molecule has 0 radical (unpaired) electrons. The molecule has 2 heterocycles. The van der Waals surface area contributed by atoms with Crippen LogP contribution in [0, 0.1) is 5.92 Å². The molecule has 1 aromatic rings. The van der Waals surface area contributed by atoms with E-state index in [9.17, 15) is 4.79 Å². The smallest absolute Gasteiger partial charge is 0.224 e. The van der Waals surface area contributed by atoms with Gasteiger partial charge in [-0.3, -0.25) is 9.69 Å². The second kappa shape index (κ2) is 8.30. The van der Waals surface area contributed by atoms with E-state index in [1.54, 1.807) is 11.3 Å². The maximum atomic E-state index is 12.4. The molecule has 1 aliphatic heterocycles. The van der Waals surface area contributed by atoms with Gasteiger partial charge in [0.1, 0.15) is 0 Å². The molecular weight excluding hydrogens is 348 g/mol. The van der Waals surface area contributed by atoms with Crippen molar-refractivity contribution in [2.45, 2.75) is 52.1 Å². The van der Waals surface area contributed by atoms with Crippen molar-refractivity contribution in [3.63, 3.8) is 0 Å². The van der Waals surface area contributed by atoms with E-state index in [0.717, 1.165) is 45.3 Å². The zero-order valence-corrected chi connectivity index (χ0v) is 15.3. The van der Waals surface area contributed by atoms with Gasteiger partial charge in [0.2, 0.25) is 5.91 Å². The summed E-state index contributed by atoms with van der Waals surface area (Å²) in [4.78, 5) is 16.1. The third-order valence-corrected chi connectivity index (χ3v) is 5.96. The summed E-state index contributed by atoms with van der Waals surface area (Å²) in [6, 6.07) is 2.39. The fourth-order valence-corrected chi connectivity index (χ4v) is 4.44. The van der Waals surface area contributed by atoms with Crippen LogP contribution in [-0.2, 0) is 11.3 Å². The first-order valence-electron chi connectivity index (χ1n) is 7.84. The van der Waals surface area contributed by atoms with Crippen LogP contribution in [0.4, 0.5) is 0 Å². The normalized spacial score (nSPS) is 21.2. The Hall–Kier alpha value is -0.390. The van der Waals surface area contributed by atoms with Crippen molar-refractivity contribution < 1.29 is 4.79 Å². The number of likely N-dealkylation sites (tertiary alicyclic amines) is 1. The van der Waals surface area contributed by atoms with E-state index < -0.39 is 0 Å². The first kappa shape index (κ1) is 17.0. The van der Waals surface area contributed by atoms with Gasteiger partial charge in [0.25, 0.3) is 0 Å². The molecular formula is C16H25BrN2OS. The molecule has 0 bridgehead atoms. The Morgan fingerprint density at radius 1 is 1.62 bits per heavy atom. The number of thiophene rings is 1. The molecule has 0 saturated carbocycles. The lowest BCUT2D eigenvalue weighted by atomic mass is 9.96. The predicted octanol–water partition coefficient (Wildman–Crippen LogP) is 4.03. The highest BCUT2D eigenvalue weighted by Gasteiger charge is 2.26. The van der Waals surface area contributed by atoms with Gasteiger partial charge in [-0.05, 0) is 60.1 Å². The van der Waals surface area contributed by atoms with Gasteiger partial charge in [0.05, 0.1) is 5.92 Å². The number of amides is 1. The second-order valence-corrected chi connectivity index (χ2v) is 7.82. The van der Waals surface area contributed by atoms with E-state index in [2.05, 4.69) is 51.4 Å². The molecule has 1 saturated heterocycles. The van der Waals surface area contributed by atoms with Gasteiger partial charge in [-0.15, -0.1) is 11.3 Å². The molecule has 3 nitrogen and oxygen atoms in total. The summed E-state index contributed by atoms with van der Waals surface area (Å²) in [5.74, 6) is 0.391. The zero-order valence-electron chi connectivity index (χ0n) is 12.9. The van der Waals surface area contributed by atoms with E-state index in [4.69, 9.17) is 0 Å². The Morgan fingerprint density at radius 2 is 2.43 bits per heavy atom. The van der Waals surface area contributed by atoms with Crippen LogP contribution in [-0.4, -0.2) is 29.9 Å². The summed E-state index contributed by atoms with van der Waals surface area (Å²) in [6.45, 7) is 7.19. The number of rotatable bonds is 6. The highest BCUT2D eigenvalue weighted by Crippen LogP contribution is 2.26. The van der Waals surface area contributed by atoms with Gasteiger partial charge in [0, 0.05) is 28.5 Å². The molecule has 1 amide bonds. The first-order valence-corrected chi connectivity index (χ1v) is 9.52. The number of nitrogens with one attached hydrogen (secondary N) is 1. The molecule has 21 heavy (non-hydrogen) atoms. The van der Waals surface area contributed by atoms with Crippen molar-refractivity contribution in [3.05, 3.63) is 20.8 Å². The van der Waals surface area contributed by atoms with Crippen LogP contribution in [0.5, 0.6) is 0 Å². The Balaban J connectivity index is 1.85. The van der Waals surface area contributed by atoms with E-state index in [0.29, 0.717) is 6.04 Å². The van der Waals surface area contributed by atoms with Crippen LogP contribution < -0.4 is 5.32 Å². The summed E-state index contributed by atoms with van der Waals surface area (Å²) < 4.78 is 1.19.